The molecule has 2 atom stereocenters. The molecule has 2 aromatic rings. The SMILES string of the molecule is Cc1ncnc(C)c1C(=O)NCCC(C)N1CCC(N2C(=N)N(Cc3cccnc3)C[C@H]2C2=CC=CCC2)CC1. The summed E-state index contributed by atoms with van der Waals surface area (Å²) in [5.41, 5.74) is 4.60. The zero-order valence-corrected chi connectivity index (χ0v) is 24.0. The number of pyridine rings is 1. The zero-order chi connectivity index (χ0) is 28.1. The molecule has 0 saturated carbocycles. The first-order chi connectivity index (χ1) is 19.4. The minimum atomic E-state index is -0.0946. The van der Waals surface area contributed by atoms with Gasteiger partial charge in [0.05, 0.1) is 23.0 Å². The van der Waals surface area contributed by atoms with Crippen LogP contribution in [0.2, 0.25) is 0 Å². The molecule has 3 aliphatic rings. The summed E-state index contributed by atoms with van der Waals surface area (Å²) >= 11 is 0. The number of aromatic nitrogens is 3. The normalized spacial score (nSPS) is 21.0. The summed E-state index contributed by atoms with van der Waals surface area (Å²) in [6.07, 6.45) is 17.0. The average molecular weight is 543 g/mol. The van der Waals surface area contributed by atoms with E-state index in [1.165, 1.54) is 11.9 Å². The summed E-state index contributed by atoms with van der Waals surface area (Å²) in [7, 11) is 0. The van der Waals surface area contributed by atoms with Gasteiger partial charge in [-0.25, -0.2) is 9.97 Å². The van der Waals surface area contributed by atoms with Crippen LogP contribution in [0.25, 0.3) is 0 Å². The molecule has 2 aliphatic heterocycles. The summed E-state index contributed by atoms with van der Waals surface area (Å²) in [4.78, 5) is 32.5. The largest absolute Gasteiger partial charge is 0.352 e. The van der Waals surface area contributed by atoms with Crippen LogP contribution in [0.5, 0.6) is 0 Å². The van der Waals surface area contributed by atoms with Gasteiger partial charge in [0.15, 0.2) is 5.96 Å². The third-order valence-electron chi connectivity index (χ3n) is 8.66. The maximum absolute atomic E-state index is 12.7. The molecular formula is C31H42N8O. The highest BCUT2D eigenvalue weighted by Crippen LogP contribution is 2.32. The summed E-state index contributed by atoms with van der Waals surface area (Å²) in [6.45, 7) is 10.2. The highest BCUT2D eigenvalue weighted by atomic mass is 16.1. The summed E-state index contributed by atoms with van der Waals surface area (Å²) < 4.78 is 0. The second-order valence-corrected chi connectivity index (χ2v) is 11.3. The third-order valence-corrected chi connectivity index (χ3v) is 8.66. The highest BCUT2D eigenvalue weighted by Gasteiger charge is 2.41. The lowest BCUT2D eigenvalue weighted by atomic mass is 9.94. The van der Waals surface area contributed by atoms with Crippen molar-refractivity contribution in [3.05, 3.63) is 77.2 Å². The van der Waals surface area contributed by atoms with Crippen LogP contribution in [-0.4, -0.2) is 85.8 Å². The molecule has 9 heteroatoms. The first-order valence-corrected chi connectivity index (χ1v) is 14.6. The second-order valence-electron chi connectivity index (χ2n) is 11.3. The fourth-order valence-electron chi connectivity index (χ4n) is 6.36. The number of nitrogens with zero attached hydrogens (tertiary/aromatic N) is 6. The predicted octanol–water partition coefficient (Wildman–Crippen LogP) is 3.86. The van der Waals surface area contributed by atoms with Gasteiger partial charge in [-0.15, -0.1) is 0 Å². The quantitative estimate of drug-likeness (QED) is 0.496. The number of allylic oxidation sites excluding steroid dienone is 3. The number of carbonyl (C=O) groups is 1. The topological polar surface area (TPSA) is 101 Å². The van der Waals surface area contributed by atoms with Crippen molar-refractivity contribution >= 4 is 11.9 Å². The van der Waals surface area contributed by atoms with Crippen LogP contribution in [0.1, 0.15) is 66.3 Å². The van der Waals surface area contributed by atoms with E-state index in [1.54, 1.807) is 6.20 Å². The highest BCUT2D eigenvalue weighted by molar-refractivity contribution is 5.96. The Kier molecular flexibility index (Phi) is 8.89. The number of amides is 1. The summed E-state index contributed by atoms with van der Waals surface area (Å²) in [5.74, 6) is 0.553. The number of hydrogen-bond acceptors (Lipinski definition) is 6. The fraction of sp³-hybridized carbons (Fsp3) is 0.516. The third kappa shape index (κ3) is 6.25. The van der Waals surface area contributed by atoms with Crippen LogP contribution in [0.3, 0.4) is 0 Å². The standard InChI is InChI=1S/C31H42N8O/c1-22(11-15-34-30(40)29-23(2)35-21-36-24(29)3)37-16-12-27(13-17-37)39-28(26-9-5-4-6-10-26)20-38(31(39)32)19-25-8-7-14-33-18-25/h4-5,7-9,14,18,21-22,27-28,32H,6,10-13,15-17,19-20H2,1-3H3,(H,34,40)/t22?,28-/m0/s1. The number of likely N-dealkylation sites (tertiary alicyclic amines) is 1. The Balaban J connectivity index is 1.17. The maximum Gasteiger partial charge on any atom is 0.254 e. The number of rotatable bonds is 9. The molecule has 1 unspecified atom stereocenters. The van der Waals surface area contributed by atoms with Crippen molar-refractivity contribution in [2.75, 3.05) is 26.2 Å². The molecule has 2 saturated heterocycles. The minimum Gasteiger partial charge on any atom is -0.352 e. The molecule has 1 amide bonds. The number of hydrogen-bond donors (Lipinski definition) is 2. The van der Waals surface area contributed by atoms with Gasteiger partial charge in [-0.2, -0.15) is 0 Å². The minimum absolute atomic E-state index is 0.0946. The molecule has 5 rings (SSSR count). The van der Waals surface area contributed by atoms with Crippen LogP contribution < -0.4 is 5.32 Å². The molecule has 212 valence electrons. The number of nitrogens with one attached hydrogen (secondary N) is 2. The molecule has 2 aromatic heterocycles. The van der Waals surface area contributed by atoms with E-state index in [4.69, 9.17) is 0 Å². The van der Waals surface area contributed by atoms with E-state index in [9.17, 15) is 10.2 Å². The lowest BCUT2D eigenvalue weighted by Crippen LogP contribution is -2.51. The van der Waals surface area contributed by atoms with Crippen molar-refractivity contribution in [1.29, 1.82) is 5.41 Å². The van der Waals surface area contributed by atoms with E-state index in [-0.39, 0.29) is 11.9 Å². The van der Waals surface area contributed by atoms with Crippen molar-refractivity contribution in [3.63, 3.8) is 0 Å². The van der Waals surface area contributed by atoms with Gasteiger partial charge in [0, 0.05) is 57.2 Å². The first kappa shape index (κ1) is 28.0. The van der Waals surface area contributed by atoms with E-state index in [0.717, 1.165) is 63.8 Å². The number of carbonyl (C=O) groups excluding carboxylic acids is 1. The Bertz CT molecular complexity index is 1230. The Labute approximate surface area is 237 Å². The molecule has 2 N–H and O–H groups in total. The summed E-state index contributed by atoms with van der Waals surface area (Å²) in [5, 5.41) is 12.3. The van der Waals surface area contributed by atoms with Gasteiger partial charge in [-0.05, 0) is 70.1 Å². The molecule has 0 spiro atoms. The molecule has 4 heterocycles. The smallest absolute Gasteiger partial charge is 0.254 e. The van der Waals surface area contributed by atoms with Crippen LogP contribution in [0.15, 0.2) is 54.7 Å². The lowest BCUT2D eigenvalue weighted by Gasteiger charge is -2.42. The predicted molar refractivity (Wildman–Crippen MR) is 157 cm³/mol. The Morgan fingerprint density at radius 1 is 1.20 bits per heavy atom. The molecule has 0 radical (unpaired) electrons. The van der Waals surface area contributed by atoms with Crippen molar-refractivity contribution in [2.24, 2.45) is 0 Å². The lowest BCUT2D eigenvalue weighted by molar-refractivity contribution is 0.0932. The van der Waals surface area contributed by atoms with Crippen LogP contribution >= 0.6 is 0 Å². The molecule has 0 bridgehead atoms. The van der Waals surface area contributed by atoms with Gasteiger partial charge in [0.25, 0.3) is 5.91 Å². The molecule has 0 aromatic carbocycles. The van der Waals surface area contributed by atoms with E-state index >= 15 is 0 Å². The van der Waals surface area contributed by atoms with Crippen LogP contribution in [-0.2, 0) is 6.54 Å². The van der Waals surface area contributed by atoms with E-state index in [0.29, 0.717) is 41.5 Å². The molecular weight excluding hydrogens is 500 g/mol. The molecule has 40 heavy (non-hydrogen) atoms. The van der Waals surface area contributed by atoms with Crippen molar-refractivity contribution < 1.29 is 4.79 Å². The second kappa shape index (κ2) is 12.7. The van der Waals surface area contributed by atoms with Crippen LogP contribution in [0.4, 0.5) is 0 Å². The van der Waals surface area contributed by atoms with Gasteiger partial charge in [-0.3, -0.25) is 15.2 Å². The number of piperidine rings is 1. The summed E-state index contributed by atoms with van der Waals surface area (Å²) in [6, 6.07) is 5.05. The number of aryl methyl sites for hydroxylation is 2. The van der Waals surface area contributed by atoms with Crippen molar-refractivity contribution in [3.8, 4) is 0 Å². The van der Waals surface area contributed by atoms with Gasteiger partial charge in [-0.1, -0.05) is 24.3 Å². The molecule has 2 fully saturated rings. The van der Waals surface area contributed by atoms with E-state index in [1.807, 2.05) is 26.1 Å². The van der Waals surface area contributed by atoms with Gasteiger partial charge in [0.1, 0.15) is 6.33 Å². The van der Waals surface area contributed by atoms with Gasteiger partial charge < -0.3 is 20.0 Å². The maximum atomic E-state index is 12.7. The molecule has 1 aliphatic carbocycles. The molecule has 9 nitrogen and oxygen atoms in total. The zero-order valence-electron chi connectivity index (χ0n) is 24.0. The van der Waals surface area contributed by atoms with Crippen molar-refractivity contribution in [1.82, 2.24) is 35.0 Å². The monoisotopic (exact) mass is 542 g/mol. The number of guanidine groups is 1. The van der Waals surface area contributed by atoms with Crippen LogP contribution in [0, 0.1) is 19.3 Å². The average Bonchev–Trinajstić information content (AvgIpc) is 3.29. The first-order valence-electron chi connectivity index (χ1n) is 14.6. The Morgan fingerprint density at radius 3 is 2.65 bits per heavy atom. The fourth-order valence-corrected chi connectivity index (χ4v) is 6.36. The van der Waals surface area contributed by atoms with Crippen molar-refractivity contribution in [2.45, 2.75) is 77.5 Å². The Hall–Kier alpha value is -3.59. The van der Waals surface area contributed by atoms with E-state index < -0.39 is 0 Å². The van der Waals surface area contributed by atoms with Gasteiger partial charge >= 0.3 is 0 Å². The van der Waals surface area contributed by atoms with E-state index in [2.05, 4.69) is 66.2 Å². The van der Waals surface area contributed by atoms with Gasteiger partial charge in [0.2, 0.25) is 0 Å². The Morgan fingerprint density at radius 2 is 1.98 bits per heavy atom.